The Bertz CT molecular complexity index is 904. The van der Waals surface area contributed by atoms with Gasteiger partial charge in [0.05, 0.1) is 23.3 Å². The Morgan fingerprint density at radius 2 is 2.00 bits per heavy atom. The number of H-pyrrole nitrogens is 1. The average Bonchev–Trinajstić information content (AvgIpc) is 3.10. The average molecular weight is 384 g/mol. The molecule has 7 heteroatoms. The van der Waals surface area contributed by atoms with Crippen molar-refractivity contribution in [2.75, 3.05) is 45.2 Å². The molecule has 4 rings (SSSR count). The number of ether oxygens (including phenoxy) is 1. The summed E-state index contributed by atoms with van der Waals surface area (Å²) in [4.78, 5) is 17.4. The molecule has 0 amide bonds. The van der Waals surface area contributed by atoms with Gasteiger partial charge in [0, 0.05) is 50.9 Å². The van der Waals surface area contributed by atoms with Gasteiger partial charge in [0.15, 0.2) is 5.16 Å². The molecule has 0 unspecified atom stereocenters. The number of thioether (sulfide) groups is 1. The van der Waals surface area contributed by atoms with Crippen molar-refractivity contribution in [3.05, 3.63) is 47.8 Å². The van der Waals surface area contributed by atoms with Crippen LogP contribution in [0.4, 0.5) is 5.69 Å². The highest BCUT2D eigenvalue weighted by Crippen LogP contribution is 2.26. The third-order valence-corrected chi connectivity index (χ3v) is 5.77. The summed E-state index contributed by atoms with van der Waals surface area (Å²) in [6.07, 6.45) is 1.84. The molecule has 0 aliphatic carbocycles. The van der Waals surface area contributed by atoms with E-state index < -0.39 is 0 Å². The highest BCUT2D eigenvalue weighted by Gasteiger charge is 2.15. The number of piperazine rings is 1. The Morgan fingerprint density at radius 1 is 1.15 bits per heavy atom. The van der Waals surface area contributed by atoms with Crippen LogP contribution in [0.25, 0.3) is 11.0 Å². The van der Waals surface area contributed by atoms with E-state index >= 15 is 0 Å². The molecule has 1 aromatic carbocycles. The number of nitrogens with one attached hydrogen (secondary N) is 1. The molecule has 1 aliphatic heterocycles. The highest BCUT2D eigenvalue weighted by atomic mass is 32.2. The van der Waals surface area contributed by atoms with Gasteiger partial charge in [0.2, 0.25) is 0 Å². The number of aromatic amines is 1. The summed E-state index contributed by atoms with van der Waals surface area (Å²) >= 11 is 1.68. The molecular weight excluding hydrogens is 358 g/mol. The van der Waals surface area contributed by atoms with E-state index in [1.165, 1.54) is 5.69 Å². The second kappa shape index (κ2) is 8.29. The third-order valence-electron chi connectivity index (χ3n) is 4.86. The molecule has 1 aliphatic rings. The summed E-state index contributed by atoms with van der Waals surface area (Å²) in [5, 5.41) is 0.930. The van der Waals surface area contributed by atoms with Crippen LogP contribution in [0.15, 0.2) is 41.7 Å². The number of anilines is 1. The number of benzene rings is 1. The van der Waals surface area contributed by atoms with Gasteiger partial charge in [-0.05, 0) is 42.9 Å². The van der Waals surface area contributed by atoms with Crippen LogP contribution in [0.3, 0.4) is 0 Å². The Labute approximate surface area is 163 Å². The van der Waals surface area contributed by atoms with Crippen molar-refractivity contribution < 1.29 is 4.74 Å². The highest BCUT2D eigenvalue weighted by molar-refractivity contribution is 7.98. The molecule has 0 radical (unpaired) electrons. The van der Waals surface area contributed by atoms with Crippen LogP contribution in [0.5, 0.6) is 0 Å². The number of rotatable bonds is 6. The van der Waals surface area contributed by atoms with Gasteiger partial charge in [-0.2, -0.15) is 0 Å². The fourth-order valence-corrected chi connectivity index (χ4v) is 4.10. The van der Waals surface area contributed by atoms with Gasteiger partial charge in [-0.3, -0.25) is 4.98 Å². The maximum atomic E-state index is 5.19. The summed E-state index contributed by atoms with van der Waals surface area (Å²) in [7, 11) is 3.89. The van der Waals surface area contributed by atoms with Gasteiger partial charge < -0.3 is 19.5 Å². The molecule has 142 valence electrons. The maximum absolute atomic E-state index is 5.19. The summed E-state index contributed by atoms with van der Waals surface area (Å²) < 4.78 is 5.19. The van der Waals surface area contributed by atoms with Gasteiger partial charge in [-0.25, -0.2) is 4.98 Å². The van der Waals surface area contributed by atoms with E-state index in [9.17, 15) is 0 Å². The first-order valence-electron chi connectivity index (χ1n) is 9.20. The summed E-state index contributed by atoms with van der Waals surface area (Å²) in [6.45, 7) is 4.97. The Balaban J connectivity index is 1.44. The van der Waals surface area contributed by atoms with Crippen LogP contribution in [0, 0.1) is 0 Å². The maximum Gasteiger partial charge on any atom is 0.166 e. The largest absolute Gasteiger partial charge is 0.380 e. The minimum Gasteiger partial charge on any atom is -0.380 e. The van der Waals surface area contributed by atoms with Crippen LogP contribution < -0.4 is 4.90 Å². The lowest BCUT2D eigenvalue weighted by molar-refractivity contribution is 0.185. The van der Waals surface area contributed by atoms with Gasteiger partial charge in [0.1, 0.15) is 0 Å². The zero-order valence-electron chi connectivity index (χ0n) is 15.8. The van der Waals surface area contributed by atoms with E-state index in [0.717, 1.165) is 59.4 Å². The number of hydrogen-bond donors (Lipinski definition) is 1. The molecular formula is C20H25N5OS. The molecule has 3 heterocycles. The molecule has 27 heavy (non-hydrogen) atoms. The summed E-state index contributed by atoms with van der Waals surface area (Å²) in [5.41, 5.74) is 5.55. The summed E-state index contributed by atoms with van der Waals surface area (Å²) in [6, 6.07) is 10.6. The molecule has 1 fully saturated rings. The first-order chi connectivity index (χ1) is 13.2. The number of likely N-dealkylation sites (N-methyl/N-ethyl adjacent to an activating group) is 1. The van der Waals surface area contributed by atoms with Crippen molar-refractivity contribution in [3.8, 4) is 0 Å². The topological polar surface area (TPSA) is 57.3 Å². The monoisotopic (exact) mass is 383 g/mol. The minimum atomic E-state index is 0.611. The number of fused-ring (bicyclic) bond motifs is 1. The second-order valence-electron chi connectivity index (χ2n) is 6.91. The van der Waals surface area contributed by atoms with Crippen molar-refractivity contribution in [1.29, 1.82) is 0 Å². The molecule has 1 saturated heterocycles. The van der Waals surface area contributed by atoms with Gasteiger partial charge >= 0.3 is 0 Å². The number of pyridine rings is 1. The van der Waals surface area contributed by atoms with Crippen molar-refractivity contribution in [2.24, 2.45) is 0 Å². The van der Waals surface area contributed by atoms with Gasteiger partial charge in [-0.1, -0.05) is 11.8 Å². The number of hydrogen-bond acceptors (Lipinski definition) is 6. The van der Waals surface area contributed by atoms with Crippen molar-refractivity contribution in [2.45, 2.75) is 17.5 Å². The Kier molecular flexibility index (Phi) is 5.61. The lowest BCUT2D eigenvalue weighted by Gasteiger charge is -2.34. The van der Waals surface area contributed by atoms with Gasteiger partial charge in [0.25, 0.3) is 0 Å². The van der Waals surface area contributed by atoms with E-state index in [4.69, 9.17) is 9.72 Å². The van der Waals surface area contributed by atoms with Crippen LogP contribution >= 0.6 is 11.8 Å². The first kappa shape index (κ1) is 18.3. The number of methoxy groups -OCH3 is 1. The zero-order chi connectivity index (χ0) is 18.6. The minimum absolute atomic E-state index is 0.611. The molecule has 0 bridgehead atoms. The lowest BCUT2D eigenvalue weighted by Crippen LogP contribution is -2.44. The number of imidazole rings is 1. The zero-order valence-corrected chi connectivity index (χ0v) is 16.6. The molecule has 3 aromatic rings. The SMILES string of the molecule is COCc1ccnc(CSc2nc3ccc(N4CCN(C)CC4)cc3[nH]2)c1. The van der Waals surface area contributed by atoms with Gasteiger partial charge in [-0.15, -0.1) is 0 Å². The van der Waals surface area contributed by atoms with E-state index in [2.05, 4.69) is 51.1 Å². The Morgan fingerprint density at radius 3 is 2.81 bits per heavy atom. The predicted octanol–water partition coefficient (Wildman–Crippen LogP) is 3.15. The molecule has 1 N–H and O–H groups in total. The molecule has 0 saturated carbocycles. The normalized spacial score (nSPS) is 15.6. The van der Waals surface area contributed by atoms with Crippen LogP contribution in [-0.2, 0) is 17.1 Å². The lowest BCUT2D eigenvalue weighted by atomic mass is 10.2. The fourth-order valence-electron chi connectivity index (χ4n) is 3.31. The number of aromatic nitrogens is 3. The Hall–Kier alpha value is -2.09. The van der Waals surface area contributed by atoms with Crippen molar-refractivity contribution in [3.63, 3.8) is 0 Å². The van der Waals surface area contributed by atoms with E-state index in [-0.39, 0.29) is 0 Å². The molecule has 2 aromatic heterocycles. The standard InChI is InChI=1S/C20H25N5OS/c1-24-7-9-25(10-8-24)17-3-4-18-19(12-17)23-20(22-18)27-14-16-11-15(13-26-2)5-6-21-16/h3-6,11-12H,7-10,13-14H2,1-2H3,(H,22,23). The van der Waals surface area contributed by atoms with Crippen molar-refractivity contribution in [1.82, 2.24) is 19.9 Å². The fraction of sp³-hybridized carbons (Fsp3) is 0.400. The van der Waals surface area contributed by atoms with E-state index in [1.807, 2.05) is 12.3 Å². The first-order valence-corrected chi connectivity index (χ1v) is 10.2. The second-order valence-corrected chi connectivity index (χ2v) is 7.87. The van der Waals surface area contributed by atoms with Crippen LogP contribution in [0.2, 0.25) is 0 Å². The molecule has 0 spiro atoms. The van der Waals surface area contributed by atoms with Crippen molar-refractivity contribution >= 4 is 28.5 Å². The van der Waals surface area contributed by atoms with E-state index in [1.54, 1.807) is 18.9 Å². The number of nitrogens with zero attached hydrogens (tertiary/aromatic N) is 4. The smallest absolute Gasteiger partial charge is 0.166 e. The summed E-state index contributed by atoms with van der Waals surface area (Å²) in [5.74, 6) is 0.780. The third kappa shape index (κ3) is 4.43. The quantitative estimate of drug-likeness (QED) is 0.660. The van der Waals surface area contributed by atoms with E-state index in [0.29, 0.717) is 6.61 Å². The van der Waals surface area contributed by atoms with Crippen LogP contribution in [-0.4, -0.2) is 60.2 Å². The predicted molar refractivity (Wildman–Crippen MR) is 110 cm³/mol. The molecule has 0 atom stereocenters. The van der Waals surface area contributed by atoms with Crippen LogP contribution in [0.1, 0.15) is 11.3 Å². The molecule has 6 nitrogen and oxygen atoms in total.